The summed E-state index contributed by atoms with van der Waals surface area (Å²) < 4.78 is 5.41. The standard InChI is InChI=1S/C20H23N7O/c1-15-14-18(24-16-6-3-4-7-17(16)28-2)25-20(23-15)27-12-10-26(11-13-27)19-21-8-5-9-22-19/h3-9,14H,10-13H2,1-2H3,(H,23,24,25). The van der Waals surface area contributed by atoms with Gasteiger partial charge in [-0.05, 0) is 25.1 Å². The third kappa shape index (κ3) is 3.95. The maximum atomic E-state index is 5.41. The Morgan fingerprint density at radius 1 is 0.893 bits per heavy atom. The van der Waals surface area contributed by atoms with Crippen molar-refractivity contribution in [3.05, 3.63) is 54.5 Å². The highest BCUT2D eigenvalue weighted by molar-refractivity contribution is 5.64. The molecule has 4 rings (SSSR count). The molecule has 3 heterocycles. The van der Waals surface area contributed by atoms with E-state index in [4.69, 9.17) is 9.72 Å². The molecule has 0 radical (unpaired) electrons. The summed E-state index contributed by atoms with van der Waals surface area (Å²) in [6.07, 6.45) is 3.54. The molecule has 1 saturated heterocycles. The van der Waals surface area contributed by atoms with Gasteiger partial charge in [-0.2, -0.15) is 4.98 Å². The van der Waals surface area contributed by atoms with Crippen LogP contribution in [-0.2, 0) is 0 Å². The molecule has 144 valence electrons. The molecular weight excluding hydrogens is 354 g/mol. The van der Waals surface area contributed by atoms with Gasteiger partial charge in [0.2, 0.25) is 11.9 Å². The maximum Gasteiger partial charge on any atom is 0.227 e. The fourth-order valence-corrected chi connectivity index (χ4v) is 3.21. The molecule has 0 bridgehead atoms. The van der Waals surface area contributed by atoms with Crippen molar-refractivity contribution in [3.63, 3.8) is 0 Å². The minimum Gasteiger partial charge on any atom is -0.495 e. The SMILES string of the molecule is COc1ccccc1Nc1cc(C)nc(N2CCN(c3ncccn3)CC2)n1. The zero-order chi connectivity index (χ0) is 19.3. The third-order valence-electron chi connectivity index (χ3n) is 4.61. The minimum atomic E-state index is 0.728. The first-order valence-electron chi connectivity index (χ1n) is 9.25. The summed E-state index contributed by atoms with van der Waals surface area (Å²) in [6.45, 7) is 5.27. The van der Waals surface area contributed by atoms with Crippen molar-refractivity contribution >= 4 is 23.4 Å². The van der Waals surface area contributed by atoms with Gasteiger partial charge < -0.3 is 19.9 Å². The first-order chi connectivity index (χ1) is 13.7. The summed E-state index contributed by atoms with van der Waals surface area (Å²) in [7, 11) is 1.66. The minimum absolute atomic E-state index is 0.728. The highest BCUT2D eigenvalue weighted by Gasteiger charge is 2.21. The van der Waals surface area contributed by atoms with Crippen molar-refractivity contribution < 1.29 is 4.74 Å². The Bertz CT molecular complexity index is 927. The molecule has 0 amide bonds. The van der Waals surface area contributed by atoms with Crippen LogP contribution in [0.3, 0.4) is 0 Å². The van der Waals surface area contributed by atoms with Gasteiger partial charge in [0.15, 0.2) is 0 Å². The molecular formula is C20H23N7O. The molecule has 2 aromatic heterocycles. The normalized spacial score (nSPS) is 14.1. The Morgan fingerprint density at radius 2 is 1.57 bits per heavy atom. The number of nitrogens with one attached hydrogen (secondary N) is 1. The number of aromatic nitrogens is 4. The van der Waals surface area contributed by atoms with Gasteiger partial charge in [0.05, 0.1) is 12.8 Å². The summed E-state index contributed by atoms with van der Waals surface area (Å²) in [4.78, 5) is 22.4. The van der Waals surface area contributed by atoms with Gasteiger partial charge in [0.25, 0.3) is 0 Å². The molecule has 0 aliphatic carbocycles. The maximum absolute atomic E-state index is 5.41. The van der Waals surface area contributed by atoms with Crippen LogP contribution in [0.2, 0.25) is 0 Å². The lowest BCUT2D eigenvalue weighted by Gasteiger charge is -2.34. The van der Waals surface area contributed by atoms with Gasteiger partial charge in [-0.1, -0.05) is 12.1 Å². The van der Waals surface area contributed by atoms with E-state index in [9.17, 15) is 0 Å². The second-order valence-electron chi connectivity index (χ2n) is 6.54. The fourth-order valence-electron chi connectivity index (χ4n) is 3.21. The number of ether oxygens (including phenoxy) is 1. The lowest BCUT2D eigenvalue weighted by atomic mass is 10.3. The quantitative estimate of drug-likeness (QED) is 0.727. The Kier molecular flexibility index (Phi) is 5.18. The zero-order valence-corrected chi connectivity index (χ0v) is 16.0. The van der Waals surface area contributed by atoms with Gasteiger partial charge in [-0.25, -0.2) is 15.0 Å². The van der Waals surface area contributed by atoms with E-state index >= 15 is 0 Å². The second kappa shape index (κ2) is 8.08. The first-order valence-corrected chi connectivity index (χ1v) is 9.25. The molecule has 0 saturated carbocycles. The first kappa shape index (κ1) is 18.0. The van der Waals surface area contributed by atoms with E-state index in [1.54, 1.807) is 19.5 Å². The average molecular weight is 377 g/mol. The Morgan fingerprint density at radius 3 is 2.29 bits per heavy atom. The van der Waals surface area contributed by atoms with E-state index in [1.165, 1.54) is 0 Å². The van der Waals surface area contributed by atoms with Crippen LogP contribution in [0.5, 0.6) is 5.75 Å². The molecule has 1 aromatic carbocycles. The van der Waals surface area contributed by atoms with E-state index in [0.29, 0.717) is 0 Å². The van der Waals surface area contributed by atoms with Crippen molar-refractivity contribution in [2.24, 2.45) is 0 Å². The molecule has 8 heteroatoms. The van der Waals surface area contributed by atoms with E-state index in [1.807, 2.05) is 43.3 Å². The Hall–Kier alpha value is -3.42. The monoisotopic (exact) mass is 377 g/mol. The van der Waals surface area contributed by atoms with Crippen molar-refractivity contribution in [3.8, 4) is 5.75 Å². The van der Waals surface area contributed by atoms with Crippen molar-refractivity contribution in [2.45, 2.75) is 6.92 Å². The average Bonchev–Trinajstić information content (AvgIpc) is 2.74. The molecule has 3 aromatic rings. The number of piperazine rings is 1. The molecule has 1 fully saturated rings. The molecule has 28 heavy (non-hydrogen) atoms. The van der Waals surface area contributed by atoms with E-state index < -0.39 is 0 Å². The summed E-state index contributed by atoms with van der Waals surface area (Å²) in [6, 6.07) is 11.6. The van der Waals surface area contributed by atoms with Crippen molar-refractivity contribution in [1.82, 2.24) is 19.9 Å². The zero-order valence-electron chi connectivity index (χ0n) is 16.0. The number of aryl methyl sites for hydroxylation is 1. The number of benzene rings is 1. The number of para-hydroxylation sites is 2. The molecule has 1 N–H and O–H groups in total. The van der Waals surface area contributed by atoms with Crippen LogP contribution in [-0.4, -0.2) is 53.2 Å². The van der Waals surface area contributed by atoms with Gasteiger partial charge in [0.1, 0.15) is 11.6 Å². The number of methoxy groups -OCH3 is 1. The summed E-state index contributed by atoms with van der Waals surface area (Å²) >= 11 is 0. The van der Waals surface area contributed by atoms with Gasteiger partial charge in [-0.3, -0.25) is 0 Å². The Balaban J connectivity index is 1.49. The highest BCUT2D eigenvalue weighted by Crippen LogP contribution is 2.27. The molecule has 0 atom stereocenters. The van der Waals surface area contributed by atoms with Crippen LogP contribution in [0.25, 0.3) is 0 Å². The summed E-state index contributed by atoms with van der Waals surface area (Å²) in [5.74, 6) is 3.02. The molecule has 0 unspecified atom stereocenters. The van der Waals surface area contributed by atoms with E-state index in [0.717, 1.165) is 61.0 Å². The molecule has 1 aliphatic heterocycles. The molecule has 1 aliphatic rings. The second-order valence-corrected chi connectivity index (χ2v) is 6.54. The van der Waals surface area contributed by atoms with E-state index in [-0.39, 0.29) is 0 Å². The van der Waals surface area contributed by atoms with Gasteiger partial charge in [0, 0.05) is 50.3 Å². The number of hydrogen-bond acceptors (Lipinski definition) is 8. The van der Waals surface area contributed by atoms with E-state index in [2.05, 4.69) is 30.1 Å². The third-order valence-corrected chi connectivity index (χ3v) is 4.61. The highest BCUT2D eigenvalue weighted by atomic mass is 16.5. The molecule has 0 spiro atoms. The number of anilines is 4. The number of hydrogen-bond donors (Lipinski definition) is 1. The topological polar surface area (TPSA) is 79.3 Å². The lowest BCUT2D eigenvalue weighted by molar-refractivity contribution is 0.417. The smallest absolute Gasteiger partial charge is 0.227 e. The van der Waals surface area contributed by atoms with Gasteiger partial charge >= 0.3 is 0 Å². The molecule has 8 nitrogen and oxygen atoms in total. The van der Waals surface area contributed by atoms with Gasteiger partial charge in [-0.15, -0.1) is 0 Å². The van der Waals surface area contributed by atoms with Crippen LogP contribution in [0, 0.1) is 6.92 Å². The summed E-state index contributed by atoms with van der Waals surface area (Å²) in [5.41, 5.74) is 1.79. The number of rotatable bonds is 5. The lowest BCUT2D eigenvalue weighted by Crippen LogP contribution is -2.47. The van der Waals surface area contributed by atoms with Crippen LogP contribution in [0.1, 0.15) is 5.69 Å². The van der Waals surface area contributed by atoms with Crippen LogP contribution in [0.4, 0.5) is 23.4 Å². The van der Waals surface area contributed by atoms with Crippen LogP contribution < -0.4 is 19.9 Å². The van der Waals surface area contributed by atoms with Crippen molar-refractivity contribution in [2.75, 3.05) is 48.4 Å². The number of nitrogens with zero attached hydrogens (tertiary/aromatic N) is 6. The van der Waals surface area contributed by atoms with Crippen LogP contribution >= 0.6 is 0 Å². The van der Waals surface area contributed by atoms with Crippen molar-refractivity contribution in [1.29, 1.82) is 0 Å². The van der Waals surface area contributed by atoms with Crippen LogP contribution in [0.15, 0.2) is 48.8 Å². The fraction of sp³-hybridized carbons (Fsp3) is 0.300. The predicted octanol–water partition coefficient (Wildman–Crippen LogP) is 2.65. The largest absolute Gasteiger partial charge is 0.495 e. The Labute approximate surface area is 164 Å². The predicted molar refractivity (Wildman–Crippen MR) is 110 cm³/mol. The summed E-state index contributed by atoms with van der Waals surface area (Å²) in [5, 5.41) is 3.35.